The van der Waals surface area contributed by atoms with E-state index in [1.807, 2.05) is 0 Å². The Hall–Kier alpha value is -2.39. The van der Waals surface area contributed by atoms with Gasteiger partial charge in [0.25, 0.3) is 0 Å². The number of carbonyl (C=O) groups is 2. The topological polar surface area (TPSA) is 91.9 Å². The summed E-state index contributed by atoms with van der Waals surface area (Å²) in [6.45, 7) is 5.90. The Morgan fingerprint density at radius 3 is 3.00 bits per heavy atom. The lowest BCUT2D eigenvalue weighted by molar-refractivity contribution is -0.119. The molecule has 9 heteroatoms. The molecule has 28 heavy (non-hydrogen) atoms. The zero-order valence-corrected chi connectivity index (χ0v) is 16.0. The molecule has 0 unspecified atom stereocenters. The molecule has 8 nitrogen and oxygen atoms in total. The van der Waals surface area contributed by atoms with Crippen molar-refractivity contribution in [3.63, 3.8) is 0 Å². The molecule has 0 aliphatic carbocycles. The van der Waals surface area contributed by atoms with E-state index in [2.05, 4.69) is 16.0 Å². The summed E-state index contributed by atoms with van der Waals surface area (Å²) in [4.78, 5) is 24.3. The molecule has 3 rings (SSSR count). The first-order valence-electron chi connectivity index (χ1n) is 9.59. The number of rotatable bonds is 9. The summed E-state index contributed by atoms with van der Waals surface area (Å²) in [5.41, 5.74) is 0.395. The van der Waals surface area contributed by atoms with Crippen LogP contribution in [-0.4, -0.2) is 64.0 Å². The van der Waals surface area contributed by atoms with Crippen molar-refractivity contribution in [3.05, 3.63) is 24.0 Å². The summed E-state index contributed by atoms with van der Waals surface area (Å²) in [6, 6.07) is 4.40. The molecule has 2 saturated heterocycles. The van der Waals surface area contributed by atoms with Crippen molar-refractivity contribution in [2.45, 2.75) is 19.4 Å². The number of halogens is 1. The van der Waals surface area contributed by atoms with Crippen LogP contribution in [0.3, 0.4) is 0 Å². The van der Waals surface area contributed by atoms with E-state index in [1.165, 1.54) is 30.4 Å². The summed E-state index contributed by atoms with van der Waals surface area (Å²) in [6.07, 6.45) is 0.153. The van der Waals surface area contributed by atoms with Crippen molar-refractivity contribution < 1.29 is 23.5 Å². The smallest absolute Gasteiger partial charge is 0.414 e. The predicted octanol–water partition coefficient (Wildman–Crippen LogP) is 0.865. The van der Waals surface area contributed by atoms with Gasteiger partial charge in [0.05, 0.1) is 18.8 Å². The van der Waals surface area contributed by atoms with Crippen molar-refractivity contribution in [1.82, 2.24) is 16.0 Å². The number of amides is 2. The number of hydrogen-bond donors (Lipinski definition) is 3. The van der Waals surface area contributed by atoms with Crippen molar-refractivity contribution in [2.75, 3.05) is 50.8 Å². The van der Waals surface area contributed by atoms with Gasteiger partial charge in [0, 0.05) is 19.5 Å². The van der Waals surface area contributed by atoms with Crippen LogP contribution in [0.2, 0.25) is 0 Å². The zero-order chi connectivity index (χ0) is 19.9. The van der Waals surface area contributed by atoms with Gasteiger partial charge in [-0.3, -0.25) is 9.69 Å². The zero-order valence-electron chi connectivity index (χ0n) is 16.0. The highest BCUT2D eigenvalue weighted by atomic mass is 19.1. The van der Waals surface area contributed by atoms with Gasteiger partial charge in [0.15, 0.2) is 11.6 Å². The van der Waals surface area contributed by atoms with E-state index in [9.17, 15) is 14.0 Å². The van der Waals surface area contributed by atoms with Gasteiger partial charge in [-0.25, -0.2) is 9.18 Å². The minimum atomic E-state index is -0.561. The van der Waals surface area contributed by atoms with E-state index in [0.29, 0.717) is 24.8 Å². The first kappa shape index (κ1) is 20.3. The molecule has 0 aromatic heterocycles. The maximum Gasteiger partial charge on any atom is 0.414 e. The molecule has 2 amide bonds. The predicted molar refractivity (Wildman–Crippen MR) is 102 cm³/mol. The van der Waals surface area contributed by atoms with Gasteiger partial charge in [-0.05, 0) is 44.1 Å². The van der Waals surface area contributed by atoms with Crippen LogP contribution in [0.15, 0.2) is 18.2 Å². The number of benzene rings is 1. The fraction of sp³-hybridized carbons (Fsp3) is 0.579. The summed E-state index contributed by atoms with van der Waals surface area (Å²) in [5, 5.41) is 9.24. The third-order valence-corrected chi connectivity index (χ3v) is 4.81. The van der Waals surface area contributed by atoms with Crippen molar-refractivity contribution in [3.8, 4) is 5.75 Å². The van der Waals surface area contributed by atoms with Gasteiger partial charge in [0.1, 0.15) is 12.7 Å². The minimum absolute atomic E-state index is 0.149. The van der Waals surface area contributed by atoms with Gasteiger partial charge < -0.3 is 25.4 Å². The lowest BCUT2D eigenvalue weighted by Crippen LogP contribution is -2.33. The van der Waals surface area contributed by atoms with Gasteiger partial charge in [-0.1, -0.05) is 0 Å². The van der Waals surface area contributed by atoms with E-state index in [0.717, 1.165) is 19.6 Å². The summed E-state index contributed by atoms with van der Waals surface area (Å²) in [5.74, 6) is 0.0631. The van der Waals surface area contributed by atoms with Crippen LogP contribution in [-0.2, 0) is 9.53 Å². The molecule has 0 bridgehead atoms. The number of anilines is 1. The highest BCUT2D eigenvalue weighted by Gasteiger charge is 2.32. The molecule has 2 fully saturated rings. The average Bonchev–Trinajstić information content (AvgIpc) is 3.30. The summed E-state index contributed by atoms with van der Waals surface area (Å²) < 4.78 is 25.0. The minimum Gasteiger partial charge on any atom is -0.489 e. The highest BCUT2D eigenvalue weighted by molar-refractivity contribution is 5.89. The molecule has 0 radical (unpaired) electrons. The Labute approximate surface area is 163 Å². The third kappa shape index (κ3) is 5.56. The summed E-state index contributed by atoms with van der Waals surface area (Å²) in [7, 11) is 0. The highest BCUT2D eigenvalue weighted by Crippen LogP contribution is 2.27. The summed E-state index contributed by atoms with van der Waals surface area (Å²) >= 11 is 0. The van der Waals surface area contributed by atoms with Crippen LogP contribution in [0.5, 0.6) is 5.75 Å². The Morgan fingerprint density at radius 2 is 2.29 bits per heavy atom. The number of hydrogen-bond acceptors (Lipinski definition) is 6. The standard InChI is InChI=1S/C19H27FN4O4/c1-13(25)23-11-16-12-24(19(26)28-16)15-2-3-18(17(20)8-15)27-7-6-22-10-14-4-5-21-9-14/h2-3,8,14,16,21-22H,4-7,9-12H2,1H3,(H,23,25)/t14-,16-/m0/s1. The van der Waals surface area contributed by atoms with Crippen molar-refractivity contribution >= 4 is 17.7 Å². The van der Waals surface area contributed by atoms with Gasteiger partial charge >= 0.3 is 6.09 Å². The molecule has 0 spiro atoms. The number of nitrogens with one attached hydrogen (secondary N) is 3. The van der Waals surface area contributed by atoms with Crippen LogP contribution < -0.4 is 25.6 Å². The van der Waals surface area contributed by atoms with Crippen LogP contribution in [0.1, 0.15) is 13.3 Å². The molecule has 2 heterocycles. The molecular formula is C19H27FN4O4. The number of nitrogens with zero attached hydrogens (tertiary/aromatic N) is 1. The maximum atomic E-state index is 14.3. The molecular weight excluding hydrogens is 367 g/mol. The van der Waals surface area contributed by atoms with Crippen molar-refractivity contribution in [2.24, 2.45) is 5.92 Å². The fourth-order valence-corrected chi connectivity index (χ4v) is 3.30. The van der Waals surface area contributed by atoms with Crippen LogP contribution >= 0.6 is 0 Å². The molecule has 3 N–H and O–H groups in total. The fourth-order valence-electron chi connectivity index (χ4n) is 3.30. The Morgan fingerprint density at radius 1 is 1.43 bits per heavy atom. The molecule has 2 atom stereocenters. The Bertz CT molecular complexity index is 697. The Kier molecular flexibility index (Phi) is 7.05. The van der Waals surface area contributed by atoms with E-state index in [1.54, 1.807) is 6.07 Å². The molecule has 0 saturated carbocycles. The van der Waals surface area contributed by atoms with E-state index < -0.39 is 18.0 Å². The molecule has 154 valence electrons. The Balaban J connectivity index is 1.45. The normalized spacial score (nSPS) is 21.6. The van der Waals surface area contributed by atoms with Crippen LogP contribution in [0, 0.1) is 11.7 Å². The van der Waals surface area contributed by atoms with Crippen molar-refractivity contribution in [1.29, 1.82) is 0 Å². The number of carbonyl (C=O) groups excluding carboxylic acids is 2. The first-order valence-corrected chi connectivity index (χ1v) is 9.59. The molecule has 2 aliphatic rings. The average molecular weight is 394 g/mol. The third-order valence-electron chi connectivity index (χ3n) is 4.81. The van der Waals surface area contributed by atoms with Gasteiger partial charge in [-0.15, -0.1) is 0 Å². The molecule has 1 aromatic carbocycles. The van der Waals surface area contributed by atoms with E-state index in [4.69, 9.17) is 9.47 Å². The number of ether oxygens (including phenoxy) is 2. The second-order valence-electron chi connectivity index (χ2n) is 7.08. The van der Waals surface area contributed by atoms with Gasteiger partial charge in [0.2, 0.25) is 5.91 Å². The SMILES string of the molecule is CC(=O)NC[C@H]1CN(c2ccc(OCCNC[C@H]3CCNC3)c(F)c2)C(=O)O1. The lowest BCUT2D eigenvalue weighted by Gasteiger charge is -2.15. The van der Waals surface area contributed by atoms with Crippen LogP contribution in [0.25, 0.3) is 0 Å². The first-order chi connectivity index (χ1) is 13.5. The molecule has 2 aliphatic heterocycles. The maximum absolute atomic E-state index is 14.3. The lowest BCUT2D eigenvalue weighted by atomic mass is 10.1. The molecule has 1 aromatic rings. The second kappa shape index (κ2) is 9.70. The number of cyclic esters (lactones) is 1. The monoisotopic (exact) mass is 394 g/mol. The van der Waals surface area contributed by atoms with E-state index in [-0.39, 0.29) is 24.7 Å². The second-order valence-corrected chi connectivity index (χ2v) is 7.08. The quantitative estimate of drug-likeness (QED) is 0.538. The van der Waals surface area contributed by atoms with E-state index >= 15 is 0 Å². The largest absolute Gasteiger partial charge is 0.489 e. The van der Waals surface area contributed by atoms with Gasteiger partial charge in [-0.2, -0.15) is 0 Å². The van der Waals surface area contributed by atoms with Crippen LogP contribution in [0.4, 0.5) is 14.9 Å².